The molecule has 1 heterocycles. The van der Waals surface area contributed by atoms with Gasteiger partial charge in [0, 0.05) is 26.1 Å². The molecule has 0 atom stereocenters. The van der Waals surface area contributed by atoms with Crippen molar-refractivity contribution in [3.63, 3.8) is 0 Å². The first kappa shape index (κ1) is 19.4. The third kappa shape index (κ3) is 4.49. The number of anilines is 1. The number of amides is 2. The maximum atomic E-state index is 12.5. The highest BCUT2D eigenvalue weighted by atomic mass is 16.5. The molecular formula is C21H28N2O4. The Morgan fingerprint density at radius 3 is 2.56 bits per heavy atom. The summed E-state index contributed by atoms with van der Waals surface area (Å²) in [5, 5.41) is 0. The van der Waals surface area contributed by atoms with Gasteiger partial charge in [0.2, 0.25) is 5.91 Å². The molecule has 146 valence electrons. The normalized spacial score (nSPS) is 22.6. The summed E-state index contributed by atoms with van der Waals surface area (Å²) >= 11 is 0. The number of para-hydroxylation sites is 1. The Bertz CT molecular complexity index is 710. The van der Waals surface area contributed by atoms with Crippen molar-refractivity contribution >= 4 is 23.5 Å². The molecule has 0 radical (unpaired) electrons. The van der Waals surface area contributed by atoms with Gasteiger partial charge >= 0.3 is 5.97 Å². The molecule has 1 aromatic rings. The summed E-state index contributed by atoms with van der Waals surface area (Å²) in [6, 6.07) is 7.14. The highest BCUT2D eigenvalue weighted by Gasteiger charge is 2.28. The van der Waals surface area contributed by atoms with E-state index in [0.717, 1.165) is 32.1 Å². The van der Waals surface area contributed by atoms with E-state index >= 15 is 0 Å². The van der Waals surface area contributed by atoms with Gasteiger partial charge in [-0.15, -0.1) is 0 Å². The summed E-state index contributed by atoms with van der Waals surface area (Å²) in [4.78, 5) is 40.3. The maximum Gasteiger partial charge on any atom is 0.340 e. The average molecular weight is 372 g/mol. The Labute approximate surface area is 160 Å². The predicted octanol–water partition coefficient (Wildman–Crippen LogP) is 3.01. The molecule has 2 amide bonds. The lowest BCUT2D eigenvalue weighted by atomic mass is 9.87. The van der Waals surface area contributed by atoms with E-state index in [1.807, 2.05) is 0 Å². The van der Waals surface area contributed by atoms with Crippen LogP contribution in [0.5, 0.6) is 0 Å². The molecule has 1 aliphatic carbocycles. The van der Waals surface area contributed by atoms with Crippen LogP contribution in [0.3, 0.4) is 0 Å². The van der Waals surface area contributed by atoms with Crippen LogP contribution in [-0.2, 0) is 14.3 Å². The number of nitrogens with zero attached hydrogens (tertiary/aromatic N) is 2. The van der Waals surface area contributed by atoms with Crippen LogP contribution < -0.4 is 4.90 Å². The van der Waals surface area contributed by atoms with Gasteiger partial charge in [0.15, 0.2) is 6.61 Å². The number of hydrogen-bond acceptors (Lipinski definition) is 4. The number of carbonyl (C=O) groups is 3. The second kappa shape index (κ2) is 8.55. The Kier molecular flexibility index (Phi) is 6.14. The van der Waals surface area contributed by atoms with E-state index < -0.39 is 5.97 Å². The lowest BCUT2D eigenvalue weighted by molar-refractivity contribution is -0.136. The second-order valence-electron chi connectivity index (χ2n) is 7.66. The number of hydrogen-bond donors (Lipinski definition) is 0. The van der Waals surface area contributed by atoms with Crippen molar-refractivity contribution in [2.75, 3.05) is 25.1 Å². The minimum atomic E-state index is -0.565. The molecule has 1 aromatic carbocycles. The van der Waals surface area contributed by atoms with Crippen LogP contribution >= 0.6 is 0 Å². The summed E-state index contributed by atoms with van der Waals surface area (Å²) in [6.45, 7) is 2.57. The molecule has 2 aliphatic rings. The highest BCUT2D eigenvalue weighted by Crippen LogP contribution is 2.27. The summed E-state index contributed by atoms with van der Waals surface area (Å²) < 4.78 is 5.29. The third-order valence-corrected chi connectivity index (χ3v) is 5.74. The fourth-order valence-corrected chi connectivity index (χ4v) is 3.92. The van der Waals surface area contributed by atoms with E-state index in [9.17, 15) is 14.4 Å². The number of ether oxygens (including phenoxy) is 1. The number of rotatable bonds is 5. The molecule has 6 heteroatoms. The molecular weight excluding hydrogens is 344 g/mol. The lowest BCUT2D eigenvalue weighted by Gasteiger charge is -2.33. The van der Waals surface area contributed by atoms with Crippen molar-refractivity contribution in [3.05, 3.63) is 29.8 Å². The van der Waals surface area contributed by atoms with Crippen molar-refractivity contribution in [1.29, 1.82) is 0 Å². The number of carbonyl (C=O) groups excluding carboxylic acids is 3. The molecule has 6 nitrogen and oxygen atoms in total. The second-order valence-corrected chi connectivity index (χ2v) is 7.66. The van der Waals surface area contributed by atoms with Gasteiger partial charge in [-0.1, -0.05) is 19.1 Å². The van der Waals surface area contributed by atoms with Crippen molar-refractivity contribution < 1.29 is 19.1 Å². The molecule has 0 spiro atoms. The van der Waals surface area contributed by atoms with Gasteiger partial charge < -0.3 is 14.5 Å². The van der Waals surface area contributed by atoms with Crippen LogP contribution in [0.2, 0.25) is 0 Å². The zero-order chi connectivity index (χ0) is 19.4. The molecule has 0 bridgehead atoms. The topological polar surface area (TPSA) is 66.9 Å². The first-order chi connectivity index (χ1) is 13.0. The van der Waals surface area contributed by atoms with Gasteiger partial charge in [-0.3, -0.25) is 9.59 Å². The number of benzene rings is 1. The van der Waals surface area contributed by atoms with Crippen molar-refractivity contribution in [3.8, 4) is 0 Å². The van der Waals surface area contributed by atoms with E-state index in [1.54, 1.807) is 41.1 Å². The van der Waals surface area contributed by atoms with Crippen LogP contribution in [0.4, 0.5) is 5.69 Å². The van der Waals surface area contributed by atoms with Gasteiger partial charge in [0.05, 0.1) is 11.3 Å². The van der Waals surface area contributed by atoms with Crippen LogP contribution in [0.15, 0.2) is 24.3 Å². The quantitative estimate of drug-likeness (QED) is 0.745. The molecule has 3 rings (SSSR count). The Balaban J connectivity index is 1.59. The SMILES string of the molecule is CC1CCC(N(C)C(=O)COC(=O)c2ccccc2N2CCCC2=O)CC1. The smallest absolute Gasteiger partial charge is 0.340 e. The lowest BCUT2D eigenvalue weighted by Crippen LogP contribution is -2.41. The van der Waals surface area contributed by atoms with Crippen molar-refractivity contribution in [1.82, 2.24) is 4.90 Å². The fourth-order valence-electron chi connectivity index (χ4n) is 3.92. The van der Waals surface area contributed by atoms with Gasteiger partial charge in [0.25, 0.3) is 5.91 Å². The van der Waals surface area contributed by atoms with E-state index in [4.69, 9.17) is 4.74 Å². The van der Waals surface area contributed by atoms with Gasteiger partial charge in [-0.05, 0) is 50.2 Å². The summed E-state index contributed by atoms with van der Waals surface area (Å²) in [5.74, 6) is -0.0214. The van der Waals surface area contributed by atoms with Gasteiger partial charge in [0.1, 0.15) is 0 Å². The number of esters is 1. The maximum absolute atomic E-state index is 12.5. The van der Waals surface area contributed by atoms with Crippen LogP contribution in [0.25, 0.3) is 0 Å². The largest absolute Gasteiger partial charge is 0.452 e. The first-order valence-electron chi connectivity index (χ1n) is 9.79. The summed E-state index contributed by atoms with van der Waals surface area (Å²) in [6.07, 6.45) is 5.52. The average Bonchev–Trinajstić information content (AvgIpc) is 3.11. The molecule has 2 fully saturated rings. The van der Waals surface area contributed by atoms with E-state index in [1.165, 1.54) is 0 Å². The van der Waals surface area contributed by atoms with Crippen LogP contribution in [0, 0.1) is 5.92 Å². The Morgan fingerprint density at radius 1 is 1.19 bits per heavy atom. The fraction of sp³-hybridized carbons (Fsp3) is 0.571. The molecule has 27 heavy (non-hydrogen) atoms. The minimum absolute atomic E-state index is 0.0117. The monoisotopic (exact) mass is 372 g/mol. The van der Waals surface area contributed by atoms with Crippen LogP contribution in [0.1, 0.15) is 55.8 Å². The molecule has 0 unspecified atom stereocenters. The van der Waals surface area contributed by atoms with E-state index in [2.05, 4.69) is 6.92 Å². The predicted molar refractivity (Wildman–Crippen MR) is 103 cm³/mol. The molecule has 1 saturated heterocycles. The minimum Gasteiger partial charge on any atom is -0.452 e. The zero-order valence-corrected chi connectivity index (χ0v) is 16.1. The van der Waals surface area contributed by atoms with Crippen molar-refractivity contribution in [2.24, 2.45) is 5.92 Å². The Hall–Kier alpha value is -2.37. The molecule has 1 aliphatic heterocycles. The van der Waals surface area contributed by atoms with Gasteiger partial charge in [-0.2, -0.15) is 0 Å². The van der Waals surface area contributed by atoms with E-state index in [-0.39, 0.29) is 24.5 Å². The standard InChI is InChI=1S/C21H28N2O4/c1-15-9-11-16(12-10-15)22(2)20(25)14-27-21(26)17-6-3-4-7-18(17)23-13-5-8-19(23)24/h3-4,6-7,15-16H,5,8-14H2,1-2H3. The van der Waals surface area contributed by atoms with E-state index in [0.29, 0.717) is 30.1 Å². The van der Waals surface area contributed by atoms with Crippen LogP contribution in [-0.4, -0.2) is 48.9 Å². The zero-order valence-electron chi connectivity index (χ0n) is 16.1. The highest BCUT2D eigenvalue weighted by molar-refractivity contribution is 6.03. The Morgan fingerprint density at radius 2 is 1.89 bits per heavy atom. The number of likely N-dealkylation sites (N-methyl/N-ethyl adjacent to an activating group) is 1. The van der Waals surface area contributed by atoms with Gasteiger partial charge in [-0.25, -0.2) is 4.79 Å². The third-order valence-electron chi connectivity index (χ3n) is 5.74. The molecule has 0 aromatic heterocycles. The molecule has 1 saturated carbocycles. The molecule has 0 N–H and O–H groups in total. The first-order valence-corrected chi connectivity index (χ1v) is 9.79. The summed E-state index contributed by atoms with van der Waals surface area (Å²) in [7, 11) is 1.79. The van der Waals surface area contributed by atoms with Crippen molar-refractivity contribution in [2.45, 2.75) is 51.5 Å². The summed E-state index contributed by atoms with van der Waals surface area (Å²) in [5.41, 5.74) is 0.891.